The van der Waals surface area contributed by atoms with E-state index in [1.165, 1.54) is 11.3 Å². The summed E-state index contributed by atoms with van der Waals surface area (Å²) >= 11 is 1.32. The van der Waals surface area contributed by atoms with E-state index in [4.69, 9.17) is 0 Å². The highest BCUT2D eigenvalue weighted by Crippen LogP contribution is 2.28. The summed E-state index contributed by atoms with van der Waals surface area (Å²) in [5, 5.41) is 10.2. The molecular weight excluding hydrogens is 326 g/mol. The van der Waals surface area contributed by atoms with Gasteiger partial charge in [-0.25, -0.2) is 0 Å². The Labute approximate surface area is 146 Å². The van der Waals surface area contributed by atoms with Crippen LogP contribution < -0.4 is 16.0 Å². The van der Waals surface area contributed by atoms with Gasteiger partial charge in [0.15, 0.2) is 0 Å². The molecule has 7 heteroatoms. The van der Waals surface area contributed by atoms with E-state index in [2.05, 4.69) is 16.0 Å². The van der Waals surface area contributed by atoms with E-state index in [-0.39, 0.29) is 17.7 Å². The van der Waals surface area contributed by atoms with E-state index in [1.807, 2.05) is 12.3 Å². The minimum absolute atomic E-state index is 0.130. The molecule has 1 saturated carbocycles. The highest BCUT2D eigenvalue weighted by atomic mass is 32.1. The number of carbonyl (C=O) groups is 3. The normalized spacial score (nSPS) is 17.6. The summed E-state index contributed by atoms with van der Waals surface area (Å²) < 4.78 is 0. The van der Waals surface area contributed by atoms with Crippen LogP contribution in [0, 0.1) is 0 Å². The summed E-state index contributed by atoms with van der Waals surface area (Å²) in [4.78, 5) is 37.6. The van der Waals surface area contributed by atoms with Crippen LogP contribution in [0.15, 0.2) is 17.5 Å². The van der Waals surface area contributed by atoms with Gasteiger partial charge in [0.2, 0.25) is 11.8 Å². The number of thiophene rings is 1. The third-order valence-corrected chi connectivity index (χ3v) is 5.20. The van der Waals surface area contributed by atoms with Gasteiger partial charge in [-0.3, -0.25) is 14.4 Å². The van der Waals surface area contributed by atoms with Gasteiger partial charge in [0.1, 0.15) is 11.6 Å². The lowest BCUT2D eigenvalue weighted by molar-refractivity contribution is -0.135. The Morgan fingerprint density at radius 3 is 2.54 bits per heavy atom. The summed E-state index contributed by atoms with van der Waals surface area (Å²) in [6, 6.07) is 2.80. The molecule has 0 aliphatic heterocycles. The molecule has 6 nitrogen and oxygen atoms in total. The number of amides is 3. The predicted octanol–water partition coefficient (Wildman–Crippen LogP) is 1.82. The Balaban J connectivity index is 2.01. The average molecular weight is 351 g/mol. The van der Waals surface area contributed by atoms with Gasteiger partial charge in [0.25, 0.3) is 5.91 Å². The molecule has 3 N–H and O–H groups in total. The second kappa shape index (κ2) is 8.28. The van der Waals surface area contributed by atoms with Gasteiger partial charge in [0, 0.05) is 6.54 Å². The highest BCUT2D eigenvalue weighted by Gasteiger charge is 2.41. The predicted molar refractivity (Wildman–Crippen MR) is 93.9 cm³/mol. The molecule has 1 fully saturated rings. The number of rotatable bonds is 6. The second-order valence-electron chi connectivity index (χ2n) is 6.16. The molecule has 24 heavy (non-hydrogen) atoms. The van der Waals surface area contributed by atoms with Crippen LogP contribution in [-0.2, 0) is 9.59 Å². The second-order valence-corrected chi connectivity index (χ2v) is 7.11. The van der Waals surface area contributed by atoms with Crippen LogP contribution in [0.2, 0.25) is 0 Å². The van der Waals surface area contributed by atoms with Crippen LogP contribution >= 0.6 is 11.3 Å². The number of likely N-dealkylation sites (N-methyl/N-ethyl adjacent to an activating group) is 1. The molecule has 1 aliphatic rings. The topological polar surface area (TPSA) is 87.3 Å². The highest BCUT2D eigenvalue weighted by molar-refractivity contribution is 7.12. The van der Waals surface area contributed by atoms with Crippen molar-refractivity contribution in [2.75, 3.05) is 6.54 Å². The fraction of sp³-hybridized carbons (Fsp3) is 0.588. The van der Waals surface area contributed by atoms with E-state index in [1.54, 1.807) is 19.1 Å². The fourth-order valence-corrected chi connectivity index (χ4v) is 3.61. The third kappa shape index (κ3) is 4.35. The van der Waals surface area contributed by atoms with E-state index in [0.29, 0.717) is 24.3 Å². The molecule has 0 bridgehead atoms. The lowest BCUT2D eigenvalue weighted by Gasteiger charge is -2.37. The number of hydrogen-bond donors (Lipinski definition) is 3. The fourth-order valence-electron chi connectivity index (χ4n) is 2.98. The molecule has 1 heterocycles. The van der Waals surface area contributed by atoms with Crippen LogP contribution in [0.1, 0.15) is 55.6 Å². The van der Waals surface area contributed by atoms with Gasteiger partial charge in [-0.2, -0.15) is 0 Å². The molecule has 0 unspecified atom stereocenters. The van der Waals surface area contributed by atoms with E-state index in [9.17, 15) is 14.4 Å². The van der Waals surface area contributed by atoms with Crippen molar-refractivity contribution in [2.24, 2.45) is 0 Å². The molecule has 1 atom stereocenters. The average Bonchev–Trinajstić information content (AvgIpc) is 3.10. The zero-order valence-electron chi connectivity index (χ0n) is 14.2. The van der Waals surface area contributed by atoms with Crippen LogP contribution in [0.5, 0.6) is 0 Å². The third-order valence-electron chi connectivity index (χ3n) is 4.33. The van der Waals surface area contributed by atoms with Crippen LogP contribution in [0.25, 0.3) is 0 Å². The van der Waals surface area contributed by atoms with Crippen molar-refractivity contribution in [3.8, 4) is 0 Å². The first-order valence-corrected chi connectivity index (χ1v) is 9.31. The van der Waals surface area contributed by atoms with Gasteiger partial charge in [0.05, 0.1) is 4.88 Å². The van der Waals surface area contributed by atoms with Crippen molar-refractivity contribution in [1.82, 2.24) is 16.0 Å². The Bertz CT molecular complexity index is 580. The maximum absolute atomic E-state index is 12.5. The van der Waals surface area contributed by atoms with Crippen molar-refractivity contribution >= 4 is 29.1 Å². The lowest BCUT2D eigenvalue weighted by Crippen LogP contribution is -2.62. The van der Waals surface area contributed by atoms with Gasteiger partial charge < -0.3 is 16.0 Å². The summed E-state index contributed by atoms with van der Waals surface area (Å²) in [5.74, 6) is -0.730. The minimum atomic E-state index is -0.854. The van der Waals surface area contributed by atoms with Gasteiger partial charge in [-0.15, -0.1) is 11.3 Å². The molecule has 3 amide bonds. The first kappa shape index (κ1) is 18.4. The summed E-state index contributed by atoms with van der Waals surface area (Å²) in [5.41, 5.74) is -0.854. The molecule has 0 aromatic carbocycles. The Morgan fingerprint density at radius 2 is 1.96 bits per heavy atom. The number of nitrogens with one attached hydrogen (secondary N) is 3. The smallest absolute Gasteiger partial charge is 0.261 e. The van der Waals surface area contributed by atoms with Gasteiger partial charge in [-0.1, -0.05) is 25.3 Å². The molecule has 1 aromatic rings. The lowest BCUT2D eigenvalue weighted by atomic mass is 9.80. The quantitative estimate of drug-likeness (QED) is 0.730. The molecular formula is C17H25N3O3S. The molecule has 0 saturated heterocycles. The van der Waals surface area contributed by atoms with Crippen molar-refractivity contribution in [2.45, 2.75) is 57.5 Å². The summed E-state index contributed by atoms with van der Waals surface area (Å²) in [6.45, 7) is 4.02. The van der Waals surface area contributed by atoms with Crippen LogP contribution in [-0.4, -0.2) is 35.8 Å². The van der Waals surface area contributed by atoms with Crippen LogP contribution in [0.4, 0.5) is 0 Å². The maximum atomic E-state index is 12.5. The molecule has 132 valence electrons. The van der Waals surface area contributed by atoms with E-state index in [0.717, 1.165) is 19.3 Å². The first-order valence-electron chi connectivity index (χ1n) is 8.43. The Morgan fingerprint density at radius 1 is 1.25 bits per heavy atom. The van der Waals surface area contributed by atoms with Gasteiger partial charge in [-0.05, 0) is 38.1 Å². The zero-order valence-corrected chi connectivity index (χ0v) is 15.0. The zero-order chi connectivity index (χ0) is 17.6. The van der Waals surface area contributed by atoms with Crippen molar-refractivity contribution in [3.05, 3.63) is 22.4 Å². The number of carbonyl (C=O) groups excluding carboxylic acids is 3. The molecule has 1 aromatic heterocycles. The first-order chi connectivity index (χ1) is 11.5. The standard InChI is InChI=1S/C17H25N3O3S/c1-3-18-16(23)17(9-5-4-6-10-17)20-14(21)12(2)19-15(22)13-8-7-11-24-13/h7-8,11-12H,3-6,9-10H2,1-2H3,(H,18,23)(H,19,22)(H,20,21)/t12-/m0/s1. The summed E-state index contributed by atoms with van der Waals surface area (Å²) in [7, 11) is 0. The largest absolute Gasteiger partial charge is 0.354 e. The maximum Gasteiger partial charge on any atom is 0.261 e. The van der Waals surface area contributed by atoms with Gasteiger partial charge >= 0.3 is 0 Å². The van der Waals surface area contributed by atoms with Crippen molar-refractivity contribution < 1.29 is 14.4 Å². The Kier molecular flexibility index (Phi) is 6.36. The Hall–Kier alpha value is -1.89. The van der Waals surface area contributed by atoms with E-state index >= 15 is 0 Å². The molecule has 1 aliphatic carbocycles. The SMILES string of the molecule is CCNC(=O)C1(NC(=O)[C@H](C)NC(=O)c2cccs2)CCCCC1. The molecule has 0 radical (unpaired) electrons. The summed E-state index contributed by atoms with van der Waals surface area (Å²) in [6.07, 6.45) is 4.16. The van der Waals surface area contributed by atoms with Crippen molar-refractivity contribution in [3.63, 3.8) is 0 Å². The van der Waals surface area contributed by atoms with Crippen LogP contribution in [0.3, 0.4) is 0 Å². The number of hydrogen-bond acceptors (Lipinski definition) is 4. The minimum Gasteiger partial charge on any atom is -0.354 e. The molecule has 2 rings (SSSR count). The molecule has 0 spiro atoms. The monoisotopic (exact) mass is 351 g/mol. The van der Waals surface area contributed by atoms with E-state index < -0.39 is 11.6 Å². The van der Waals surface area contributed by atoms with Crippen molar-refractivity contribution in [1.29, 1.82) is 0 Å².